The molecule has 0 aliphatic heterocycles. The minimum Gasteiger partial charge on any atom is -0.378 e. The van der Waals surface area contributed by atoms with Crippen LogP contribution in [0.3, 0.4) is 0 Å². The van der Waals surface area contributed by atoms with Crippen LogP contribution in [0.5, 0.6) is 0 Å². The quantitative estimate of drug-likeness (QED) is 0.768. The molecule has 18 heavy (non-hydrogen) atoms. The van der Waals surface area contributed by atoms with Gasteiger partial charge in [0.25, 0.3) is 0 Å². The molecule has 0 aliphatic rings. The highest BCUT2D eigenvalue weighted by atomic mass is 16.1. The second kappa shape index (κ2) is 5.00. The first-order chi connectivity index (χ1) is 8.67. The molecule has 0 saturated heterocycles. The molecule has 0 aliphatic carbocycles. The highest BCUT2D eigenvalue weighted by molar-refractivity contribution is 5.73. The Morgan fingerprint density at radius 3 is 2.44 bits per heavy atom. The number of aldehydes is 1. The van der Waals surface area contributed by atoms with E-state index in [0.717, 1.165) is 29.8 Å². The van der Waals surface area contributed by atoms with Crippen molar-refractivity contribution in [2.75, 3.05) is 19.0 Å². The van der Waals surface area contributed by atoms with Gasteiger partial charge in [-0.3, -0.25) is 4.79 Å². The van der Waals surface area contributed by atoms with E-state index in [1.165, 1.54) is 0 Å². The maximum absolute atomic E-state index is 10.9. The Balaban J connectivity index is 2.42. The first-order valence-electron chi connectivity index (χ1n) is 5.85. The molecular formula is C13H16N4O. The number of benzene rings is 1. The van der Waals surface area contributed by atoms with E-state index in [1.54, 1.807) is 4.68 Å². The van der Waals surface area contributed by atoms with Crippen LogP contribution in [0.25, 0.3) is 5.69 Å². The predicted octanol–water partition coefficient (Wildman–Crippen LogP) is 1.71. The van der Waals surface area contributed by atoms with E-state index in [0.29, 0.717) is 5.69 Å². The van der Waals surface area contributed by atoms with Gasteiger partial charge in [-0.1, -0.05) is 12.1 Å². The van der Waals surface area contributed by atoms with Crippen molar-refractivity contribution >= 4 is 12.0 Å². The summed E-state index contributed by atoms with van der Waals surface area (Å²) < 4.78 is 1.71. The Morgan fingerprint density at radius 1 is 1.28 bits per heavy atom. The fourth-order valence-corrected chi connectivity index (χ4v) is 1.84. The molecule has 2 aromatic rings. The first-order valence-corrected chi connectivity index (χ1v) is 5.85. The largest absolute Gasteiger partial charge is 0.378 e. The Morgan fingerprint density at radius 2 is 1.94 bits per heavy atom. The van der Waals surface area contributed by atoms with Gasteiger partial charge < -0.3 is 4.90 Å². The Bertz CT molecular complexity index is 543. The average Bonchev–Trinajstić information content (AvgIpc) is 2.81. The van der Waals surface area contributed by atoms with E-state index in [-0.39, 0.29) is 0 Å². The summed E-state index contributed by atoms with van der Waals surface area (Å²) in [6.07, 6.45) is 1.47. The van der Waals surface area contributed by atoms with Crippen molar-refractivity contribution in [3.05, 3.63) is 35.7 Å². The first kappa shape index (κ1) is 12.3. The lowest BCUT2D eigenvalue weighted by atomic mass is 10.2. The Labute approximate surface area is 106 Å². The molecular weight excluding hydrogens is 228 g/mol. The van der Waals surface area contributed by atoms with Crippen LogP contribution in [0.4, 0.5) is 5.69 Å². The van der Waals surface area contributed by atoms with Gasteiger partial charge in [0.1, 0.15) is 5.69 Å². The molecule has 0 amide bonds. The summed E-state index contributed by atoms with van der Waals surface area (Å²) in [6.45, 7) is 1.98. The normalized spacial score (nSPS) is 10.4. The third kappa shape index (κ3) is 2.11. The van der Waals surface area contributed by atoms with Gasteiger partial charge in [0.15, 0.2) is 6.29 Å². The van der Waals surface area contributed by atoms with Gasteiger partial charge in [-0.15, -0.1) is 5.10 Å². The minimum absolute atomic E-state index is 0.411. The summed E-state index contributed by atoms with van der Waals surface area (Å²) in [7, 11) is 3.98. The van der Waals surface area contributed by atoms with Crippen LogP contribution in [-0.2, 0) is 6.42 Å². The van der Waals surface area contributed by atoms with Crippen LogP contribution in [0.2, 0.25) is 0 Å². The van der Waals surface area contributed by atoms with Gasteiger partial charge in [-0.2, -0.15) is 0 Å². The molecule has 1 aromatic heterocycles. The van der Waals surface area contributed by atoms with Gasteiger partial charge >= 0.3 is 0 Å². The van der Waals surface area contributed by atoms with Crippen molar-refractivity contribution < 1.29 is 4.79 Å². The summed E-state index contributed by atoms with van der Waals surface area (Å²) >= 11 is 0. The number of aromatic nitrogens is 3. The molecule has 0 saturated carbocycles. The van der Waals surface area contributed by atoms with Crippen molar-refractivity contribution in [3.63, 3.8) is 0 Å². The monoisotopic (exact) mass is 244 g/mol. The number of rotatable bonds is 4. The van der Waals surface area contributed by atoms with Gasteiger partial charge in [-0.05, 0) is 30.7 Å². The zero-order chi connectivity index (χ0) is 13.1. The number of nitrogens with zero attached hydrogens (tertiary/aromatic N) is 4. The predicted molar refractivity (Wildman–Crippen MR) is 70.5 cm³/mol. The maximum Gasteiger partial charge on any atom is 0.172 e. The zero-order valence-electron chi connectivity index (χ0n) is 10.8. The van der Waals surface area contributed by atoms with E-state index in [1.807, 2.05) is 50.2 Å². The van der Waals surface area contributed by atoms with Crippen molar-refractivity contribution in [2.45, 2.75) is 13.3 Å². The zero-order valence-corrected chi connectivity index (χ0v) is 10.8. The summed E-state index contributed by atoms with van der Waals surface area (Å²) in [5.74, 6) is 0. The van der Waals surface area contributed by atoms with E-state index < -0.39 is 0 Å². The molecule has 0 spiro atoms. The molecule has 1 aromatic carbocycles. The average molecular weight is 244 g/mol. The highest BCUT2D eigenvalue weighted by Crippen LogP contribution is 2.17. The Hall–Kier alpha value is -2.17. The lowest BCUT2D eigenvalue weighted by Gasteiger charge is -2.13. The number of carbonyl (C=O) groups is 1. The van der Waals surface area contributed by atoms with Crippen molar-refractivity contribution in [1.29, 1.82) is 0 Å². The number of hydrogen-bond acceptors (Lipinski definition) is 4. The van der Waals surface area contributed by atoms with Crippen LogP contribution in [-0.4, -0.2) is 35.4 Å². The highest BCUT2D eigenvalue weighted by Gasteiger charge is 2.11. The topological polar surface area (TPSA) is 51.0 Å². The van der Waals surface area contributed by atoms with Crippen LogP contribution >= 0.6 is 0 Å². The second-order valence-corrected chi connectivity index (χ2v) is 4.22. The lowest BCUT2D eigenvalue weighted by molar-refractivity contribution is 0.111. The molecule has 2 rings (SSSR count). The van der Waals surface area contributed by atoms with Gasteiger partial charge in [0.2, 0.25) is 0 Å². The van der Waals surface area contributed by atoms with E-state index >= 15 is 0 Å². The van der Waals surface area contributed by atoms with Crippen molar-refractivity contribution in [3.8, 4) is 5.69 Å². The third-order valence-electron chi connectivity index (χ3n) is 2.85. The molecule has 94 valence electrons. The van der Waals surface area contributed by atoms with Crippen molar-refractivity contribution in [2.24, 2.45) is 0 Å². The molecule has 5 nitrogen and oxygen atoms in total. The molecule has 0 fully saturated rings. The molecule has 0 bridgehead atoms. The molecule has 0 unspecified atom stereocenters. The number of anilines is 1. The summed E-state index contributed by atoms with van der Waals surface area (Å²) in [5, 5.41) is 7.90. The Kier molecular flexibility index (Phi) is 3.41. The van der Waals surface area contributed by atoms with Crippen LogP contribution in [0.1, 0.15) is 23.1 Å². The van der Waals surface area contributed by atoms with E-state index in [4.69, 9.17) is 0 Å². The number of hydrogen-bond donors (Lipinski definition) is 0. The van der Waals surface area contributed by atoms with E-state index in [9.17, 15) is 4.79 Å². The minimum atomic E-state index is 0.411. The molecule has 0 radical (unpaired) electrons. The van der Waals surface area contributed by atoms with Gasteiger partial charge in [0.05, 0.1) is 11.4 Å². The number of carbonyl (C=O) groups excluding carboxylic acids is 1. The van der Waals surface area contributed by atoms with Crippen LogP contribution in [0.15, 0.2) is 24.3 Å². The lowest BCUT2D eigenvalue weighted by Crippen LogP contribution is -2.09. The summed E-state index contributed by atoms with van der Waals surface area (Å²) in [5.41, 5.74) is 3.28. The summed E-state index contributed by atoms with van der Waals surface area (Å²) in [6, 6.07) is 7.96. The third-order valence-corrected chi connectivity index (χ3v) is 2.85. The second-order valence-electron chi connectivity index (χ2n) is 4.22. The molecule has 0 atom stereocenters. The van der Waals surface area contributed by atoms with Crippen molar-refractivity contribution in [1.82, 2.24) is 15.0 Å². The molecule has 0 N–H and O–H groups in total. The van der Waals surface area contributed by atoms with E-state index in [2.05, 4.69) is 10.3 Å². The van der Waals surface area contributed by atoms with Gasteiger partial charge in [-0.25, -0.2) is 4.68 Å². The van der Waals surface area contributed by atoms with Crippen LogP contribution < -0.4 is 4.90 Å². The SMILES string of the molecule is CCc1c(C=O)nnn1-c1ccc(N(C)C)cc1. The molecule has 1 heterocycles. The fourth-order valence-electron chi connectivity index (χ4n) is 1.84. The maximum atomic E-state index is 10.9. The van der Waals surface area contributed by atoms with Crippen LogP contribution in [0, 0.1) is 0 Å². The summed E-state index contributed by atoms with van der Waals surface area (Å²) in [4.78, 5) is 12.9. The fraction of sp³-hybridized carbons (Fsp3) is 0.308. The smallest absolute Gasteiger partial charge is 0.172 e. The van der Waals surface area contributed by atoms with Gasteiger partial charge in [0, 0.05) is 19.8 Å². The molecule has 5 heteroatoms. The standard InChI is InChI=1S/C13H16N4O/c1-4-13-12(9-18)14-15-17(13)11-7-5-10(6-8-11)16(2)3/h5-9H,4H2,1-3H3.